The van der Waals surface area contributed by atoms with Gasteiger partial charge in [-0.3, -0.25) is 4.79 Å². The number of methoxy groups -OCH3 is 1. The van der Waals surface area contributed by atoms with E-state index in [-0.39, 0.29) is 24.0 Å². The first-order chi connectivity index (χ1) is 12.1. The molecule has 0 bridgehead atoms. The van der Waals surface area contributed by atoms with E-state index in [2.05, 4.69) is 19.1 Å². The fourth-order valence-electron chi connectivity index (χ4n) is 3.64. The summed E-state index contributed by atoms with van der Waals surface area (Å²) in [4.78, 5) is 26.3. The van der Waals surface area contributed by atoms with E-state index >= 15 is 0 Å². The van der Waals surface area contributed by atoms with Crippen LogP contribution in [0.5, 0.6) is 0 Å². The number of carbonyl (C=O) groups excluding carboxylic acids is 2. The third kappa shape index (κ3) is 3.16. The third-order valence-corrected chi connectivity index (χ3v) is 4.86. The Morgan fingerprint density at radius 1 is 1.12 bits per heavy atom. The first-order valence-corrected chi connectivity index (χ1v) is 8.64. The normalized spacial score (nSPS) is 19.2. The van der Waals surface area contributed by atoms with Crippen molar-refractivity contribution in [1.82, 2.24) is 4.90 Å². The number of nitrogens with zero attached hydrogens (tertiary/aromatic N) is 1. The van der Waals surface area contributed by atoms with Crippen LogP contribution in [0.25, 0.3) is 0 Å². The van der Waals surface area contributed by atoms with Crippen molar-refractivity contribution in [2.45, 2.75) is 38.8 Å². The first-order valence-electron chi connectivity index (χ1n) is 8.64. The summed E-state index contributed by atoms with van der Waals surface area (Å²) >= 11 is 0. The maximum absolute atomic E-state index is 12.6. The lowest BCUT2D eigenvalue weighted by molar-refractivity contribution is -0.135. The van der Waals surface area contributed by atoms with Gasteiger partial charge in [0, 0.05) is 12.5 Å². The molecule has 0 aliphatic carbocycles. The molecule has 0 saturated heterocycles. The summed E-state index contributed by atoms with van der Waals surface area (Å²) in [6.07, 6.45) is 1.34. The molecule has 1 heterocycles. The average Bonchev–Trinajstić information content (AvgIpc) is 2.65. The van der Waals surface area contributed by atoms with Gasteiger partial charge in [0.25, 0.3) is 0 Å². The molecule has 3 rings (SSSR count). The molecular weight excluding hydrogens is 314 g/mol. The van der Waals surface area contributed by atoms with Gasteiger partial charge in [-0.15, -0.1) is 0 Å². The maximum Gasteiger partial charge on any atom is 0.337 e. The van der Waals surface area contributed by atoms with Crippen molar-refractivity contribution < 1.29 is 14.3 Å². The first kappa shape index (κ1) is 17.2. The van der Waals surface area contributed by atoms with Gasteiger partial charge in [0.05, 0.1) is 18.7 Å². The lowest BCUT2D eigenvalue weighted by Gasteiger charge is -2.42. The standard InChI is InChI=1S/C21H23NO3/c1-4-19(23)22-14(2)13-17-7-5-6-8-18(17)20(22)15-9-11-16(12-10-15)21(24)25-3/h5-12,14,20H,4,13H2,1-3H3/t14-,20-/m0/s1. The van der Waals surface area contributed by atoms with Crippen LogP contribution in [0.1, 0.15) is 53.4 Å². The maximum atomic E-state index is 12.6. The van der Waals surface area contributed by atoms with E-state index in [1.165, 1.54) is 12.7 Å². The molecule has 0 spiro atoms. The Balaban J connectivity index is 2.08. The minimum absolute atomic E-state index is 0.126. The van der Waals surface area contributed by atoms with E-state index in [1.54, 1.807) is 12.1 Å². The largest absolute Gasteiger partial charge is 0.465 e. The molecular formula is C21H23NO3. The Morgan fingerprint density at radius 2 is 1.80 bits per heavy atom. The van der Waals surface area contributed by atoms with Crippen LogP contribution < -0.4 is 0 Å². The summed E-state index contributed by atoms with van der Waals surface area (Å²) in [5.74, 6) is -0.213. The highest BCUT2D eigenvalue weighted by atomic mass is 16.5. The Hall–Kier alpha value is -2.62. The van der Waals surface area contributed by atoms with E-state index in [1.807, 2.05) is 36.1 Å². The molecule has 4 nitrogen and oxygen atoms in total. The number of carbonyl (C=O) groups is 2. The zero-order chi connectivity index (χ0) is 18.0. The van der Waals surface area contributed by atoms with Gasteiger partial charge in [-0.05, 0) is 42.2 Å². The zero-order valence-electron chi connectivity index (χ0n) is 14.9. The predicted molar refractivity (Wildman–Crippen MR) is 96.4 cm³/mol. The van der Waals surface area contributed by atoms with E-state index in [4.69, 9.17) is 4.74 Å². The molecule has 0 saturated carbocycles. The highest BCUT2D eigenvalue weighted by molar-refractivity contribution is 5.89. The highest BCUT2D eigenvalue weighted by Gasteiger charge is 2.35. The van der Waals surface area contributed by atoms with Crippen LogP contribution in [-0.4, -0.2) is 29.9 Å². The fourth-order valence-corrected chi connectivity index (χ4v) is 3.64. The number of fused-ring (bicyclic) bond motifs is 1. The molecule has 0 aromatic heterocycles. The average molecular weight is 337 g/mol. The van der Waals surface area contributed by atoms with E-state index in [0.29, 0.717) is 12.0 Å². The SMILES string of the molecule is CCC(=O)N1[C@@H](c2ccc(C(=O)OC)cc2)c2ccccc2C[C@@H]1C. The van der Waals surface area contributed by atoms with Crippen molar-refractivity contribution in [3.63, 3.8) is 0 Å². The lowest BCUT2D eigenvalue weighted by Crippen LogP contribution is -2.46. The minimum Gasteiger partial charge on any atom is -0.465 e. The summed E-state index contributed by atoms with van der Waals surface area (Å²) in [7, 11) is 1.37. The Labute approximate surface area is 148 Å². The molecule has 2 aromatic carbocycles. The van der Waals surface area contributed by atoms with Crippen molar-refractivity contribution >= 4 is 11.9 Å². The van der Waals surface area contributed by atoms with Gasteiger partial charge in [-0.25, -0.2) is 4.79 Å². The molecule has 0 fully saturated rings. The van der Waals surface area contributed by atoms with Crippen molar-refractivity contribution in [2.75, 3.05) is 7.11 Å². The summed E-state index contributed by atoms with van der Waals surface area (Å²) in [6, 6.07) is 15.6. The highest BCUT2D eigenvalue weighted by Crippen LogP contribution is 2.38. The van der Waals surface area contributed by atoms with Crippen molar-refractivity contribution in [3.05, 3.63) is 70.8 Å². The number of hydrogen-bond donors (Lipinski definition) is 0. The van der Waals surface area contributed by atoms with Gasteiger partial charge in [0.15, 0.2) is 0 Å². The molecule has 1 amide bonds. The van der Waals surface area contributed by atoms with Gasteiger partial charge >= 0.3 is 5.97 Å². The molecule has 1 aliphatic heterocycles. The van der Waals surface area contributed by atoms with Gasteiger partial charge in [0.1, 0.15) is 0 Å². The summed E-state index contributed by atoms with van der Waals surface area (Å²) in [5.41, 5.74) is 3.95. The molecule has 4 heteroatoms. The van der Waals surface area contributed by atoms with Crippen LogP contribution >= 0.6 is 0 Å². The van der Waals surface area contributed by atoms with Crippen molar-refractivity contribution in [3.8, 4) is 0 Å². The summed E-state index contributed by atoms with van der Waals surface area (Å²) in [5, 5.41) is 0. The van der Waals surface area contributed by atoms with Gasteiger partial charge in [-0.1, -0.05) is 43.3 Å². The summed E-state index contributed by atoms with van der Waals surface area (Å²) < 4.78 is 4.77. The molecule has 0 N–H and O–H groups in total. The van der Waals surface area contributed by atoms with E-state index in [9.17, 15) is 9.59 Å². The molecule has 25 heavy (non-hydrogen) atoms. The molecule has 2 aromatic rings. The number of hydrogen-bond acceptors (Lipinski definition) is 3. The van der Waals surface area contributed by atoms with Crippen LogP contribution in [0.4, 0.5) is 0 Å². The van der Waals surface area contributed by atoms with Gasteiger partial charge in [0.2, 0.25) is 5.91 Å². The van der Waals surface area contributed by atoms with Gasteiger partial charge < -0.3 is 9.64 Å². The Kier molecular flexibility index (Phi) is 4.88. The van der Waals surface area contributed by atoms with Crippen LogP contribution in [0, 0.1) is 0 Å². The van der Waals surface area contributed by atoms with Crippen molar-refractivity contribution in [2.24, 2.45) is 0 Å². The molecule has 1 aliphatic rings. The molecule has 0 radical (unpaired) electrons. The molecule has 130 valence electrons. The number of amides is 1. The third-order valence-electron chi connectivity index (χ3n) is 4.86. The number of benzene rings is 2. The molecule has 0 unspecified atom stereocenters. The Bertz CT molecular complexity index is 782. The van der Waals surface area contributed by atoms with Crippen molar-refractivity contribution in [1.29, 1.82) is 0 Å². The van der Waals surface area contributed by atoms with Crippen LogP contribution in [0.3, 0.4) is 0 Å². The predicted octanol–water partition coefficient (Wildman–Crippen LogP) is 3.75. The number of ether oxygens (including phenoxy) is 1. The summed E-state index contributed by atoms with van der Waals surface area (Å²) in [6.45, 7) is 3.99. The van der Waals surface area contributed by atoms with Crippen LogP contribution in [0.15, 0.2) is 48.5 Å². The van der Waals surface area contributed by atoms with E-state index < -0.39 is 0 Å². The van der Waals surface area contributed by atoms with E-state index in [0.717, 1.165) is 17.5 Å². The topological polar surface area (TPSA) is 46.6 Å². The lowest BCUT2D eigenvalue weighted by atomic mass is 9.84. The second-order valence-corrected chi connectivity index (χ2v) is 6.42. The monoisotopic (exact) mass is 337 g/mol. The number of esters is 1. The minimum atomic E-state index is -0.356. The second kappa shape index (κ2) is 7.09. The molecule has 2 atom stereocenters. The smallest absolute Gasteiger partial charge is 0.337 e. The number of rotatable bonds is 3. The van der Waals surface area contributed by atoms with Crippen LogP contribution in [-0.2, 0) is 16.0 Å². The quantitative estimate of drug-likeness (QED) is 0.802. The Morgan fingerprint density at radius 3 is 2.44 bits per heavy atom. The van der Waals surface area contributed by atoms with Crippen LogP contribution in [0.2, 0.25) is 0 Å². The van der Waals surface area contributed by atoms with Gasteiger partial charge in [-0.2, -0.15) is 0 Å². The second-order valence-electron chi connectivity index (χ2n) is 6.42. The fraction of sp³-hybridized carbons (Fsp3) is 0.333. The zero-order valence-corrected chi connectivity index (χ0v) is 14.9.